The lowest BCUT2D eigenvalue weighted by Gasteiger charge is -2.15. The zero-order valence-corrected chi connectivity index (χ0v) is 10.4. The summed E-state index contributed by atoms with van der Waals surface area (Å²) in [6, 6.07) is 11.0. The van der Waals surface area contributed by atoms with Gasteiger partial charge in [-0.25, -0.2) is 0 Å². The predicted octanol–water partition coefficient (Wildman–Crippen LogP) is 4.02. The third-order valence-corrected chi connectivity index (χ3v) is 4.09. The first kappa shape index (κ1) is 9.95. The average Bonchev–Trinajstić information content (AvgIpc) is 3.07. The van der Waals surface area contributed by atoms with E-state index in [1.165, 1.54) is 28.0 Å². The van der Waals surface area contributed by atoms with E-state index in [1.807, 2.05) is 0 Å². The number of benzene rings is 1. The summed E-state index contributed by atoms with van der Waals surface area (Å²) in [5.74, 6) is 0.426. The Morgan fingerprint density at radius 3 is 2.83 bits per heavy atom. The van der Waals surface area contributed by atoms with Crippen molar-refractivity contribution in [2.75, 3.05) is 0 Å². The number of hydrogen-bond acceptors (Lipinski definition) is 0. The van der Waals surface area contributed by atoms with Crippen LogP contribution in [0.2, 0.25) is 0 Å². The van der Waals surface area contributed by atoms with Crippen molar-refractivity contribution in [3.8, 4) is 11.1 Å². The minimum Gasteiger partial charge on any atom is -0.353 e. The molecule has 0 saturated heterocycles. The molecule has 1 aromatic heterocycles. The van der Waals surface area contributed by atoms with E-state index in [1.54, 1.807) is 0 Å². The molecule has 0 fully saturated rings. The summed E-state index contributed by atoms with van der Waals surface area (Å²) in [5, 5.41) is 0. The van der Waals surface area contributed by atoms with E-state index in [0.29, 0.717) is 5.92 Å². The lowest BCUT2D eigenvalue weighted by atomic mass is 9.92. The van der Waals surface area contributed by atoms with Gasteiger partial charge in [0.15, 0.2) is 0 Å². The van der Waals surface area contributed by atoms with Crippen molar-refractivity contribution in [2.24, 2.45) is 7.05 Å². The van der Waals surface area contributed by atoms with Crippen LogP contribution in [-0.2, 0) is 7.05 Å². The van der Waals surface area contributed by atoms with E-state index >= 15 is 0 Å². The van der Waals surface area contributed by atoms with Crippen LogP contribution in [0.15, 0.2) is 60.3 Å². The van der Waals surface area contributed by atoms with Crippen molar-refractivity contribution in [1.29, 1.82) is 0 Å². The van der Waals surface area contributed by atoms with E-state index in [9.17, 15) is 0 Å². The molecule has 0 radical (unpaired) electrons. The molecular weight excluding hydrogens is 218 g/mol. The third kappa shape index (κ3) is 1.16. The Bertz CT molecular complexity index is 685. The summed E-state index contributed by atoms with van der Waals surface area (Å²) in [4.78, 5) is 0. The highest BCUT2D eigenvalue weighted by atomic mass is 14.9. The van der Waals surface area contributed by atoms with Gasteiger partial charge in [0.2, 0.25) is 0 Å². The molecule has 4 rings (SSSR count). The van der Waals surface area contributed by atoms with Gasteiger partial charge in [-0.3, -0.25) is 0 Å². The summed E-state index contributed by atoms with van der Waals surface area (Å²) in [6.07, 6.45) is 10.1. The van der Waals surface area contributed by atoms with Crippen LogP contribution in [0.5, 0.6) is 0 Å². The highest BCUT2D eigenvalue weighted by Crippen LogP contribution is 2.49. The normalized spacial score (nSPS) is 19.8. The van der Waals surface area contributed by atoms with Gasteiger partial charge >= 0.3 is 0 Å². The molecule has 0 bridgehead atoms. The number of fused-ring (bicyclic) bond motifs is 3. The molecule has 1 heteroatoms. The Morgan fingerprint density at radius 1 is 1.11 bits per heavy atom. The molecule has 0 spiro atoms. The van der Waals surface area contributed by atoms with Gasteiger partial charge in [0.1, 0.15) is 0 Å². The quantitative estimate of drug-likeness (QED) is 0.701. The van der Waals surface area contributed by atoms with Crippen LogP contribution in [0.3, 0.4) is 0 Å². The summed E-state index contributed by atoms with van der Waals surface area (Å²) < 4.78 is 2.27. The van der Waals surface area contributed by atoms with Crippen LogP contribution >= 0.6 is 0 Å². The number of allylic oxidation sites excluding steroid dienone is 4. The maximum atomic E-state index is 2.35. The first-order valence-corrected chi connectivity index (χ1v) is 6.47. The molecule has 0 amide bonds. The fourth-order valence-corrected chi connectivity index (χ4v) is 3.30. The molecule has 0 aliphatic heterocycles. The number of aromatic nitrogens is 1. The molecule has 0 N–H and O–H groups in total. The second-order valence-corrected chi connectivity index (χ2v) is 5.09. The summed E-state index contributed by atoms with van der Waals surface area (Å²) in [6.45, 7) is 0. The molecule has 1 atom stereocenters. The number of hydrogen-bond donors (Lipinski definition) is 0. The average molecular weight is 233 g/mol. The largest absolute Gasteiger partial charge is 0.353 e. The predicted molar refractivity (Wildman–Crippen MR) is 74.5 cm³/mol. The fraction of sp³-hybridized carbons (Fsp3) is 0.176. The molecular formula is C17H15N. The molecule has 1 aromatic carbocycles. The van der Waals surface area contributed by atoms with Crippen molar-refractivity contribution in [3.63, 3.8) is 0 Å². The maximum absolute atomic E-state index is 2.35. The van der Waals surface area contributed by atoms with Gasteiger partial charge in [-0.1, -0.05) is 42.5 Å². The van der Waals surface area contributed by atoms with Gasteiger partial charge in [0, 0.05) is 24.5 Å². The molecule has 1 unspecified atom stereocenters. The minimum atomic E-state index is 0.426. The third-order valence-electron chi connectivity index (χ3n) is 4.09. The van der Waals surface area contributed by atoms with Gasteiger partial charge in [-0.15, -0.1) is 0 Å². The molecule has 2 aromatic rings. The van der Waals surface area contributed by atoms with Crippen molar-refractivity contribution in [1.82, 2.24) is 4.57 Å². The smallest absolute Gasteiger partial charge is 0.0502 e. The molecule has 1 nitrogen and oxygen atoms in total. The molecule has 1 heterocycles. The van der Waals surface area contributed by atoms with Crippen LogP contribution in [-0.4, -0.2) is 4.57 Å². The van der Waals surface area contributed by atoms with E-state index in [-0.39, 0.29) is 0 Å². The Balaban J connectivity index is 2.02. The fourth-order valence-electron chi connectivity index (χ4n) is 3.30. The topological polar surface area (TPSA) is 4.93 Å². The number of aryl methyl sites for hydroxylation is 1. The first-order chi connectivity index (χ1) is 8.86. The zero-order valence-electron chi connectivity index (χ0n) is 10.4. The standard InChI is InChI=1S/C17H15N/c1-18-11-10-15-13-8-4-5-9-14(13)16(17(15)18)12-6-2-3-7-12/h2,4-11,16H,3H2,1H3. The van der Waals surface area contributed by atoms with Gasteiger partial charge < -0.3 is 4.57 Å². The Labute approximate surface area is 107 Å². The molecule has 18 heavy (non-hydrogen) atoms. The van der Waals surface area contributed by atoms with Crippen LogP contribution in [0.1, 0.15) is 23.6 Å². The second kappa shape index (κ2) is 3.49. The van der Waals surface area contributed by atoms with E-state index in [2.05, 4.69) is 66.4 Å². The minimum absolute atomic E-state index is 0.426. The van der Waals surface area contributed by atoms with E-state index < -0.39 is 0 Å². The summed E-state index contributed by atoms with van der Waals surface area (Å²) in [5.41, 5.74) is 7.15. The van der Waals surface area contributed by atoms with Crippen molar-refractivity contribution in [2.45, 2.75) is 12.3 Å². The maximum Gasteiger partial charge on any atom is 0.0502 e. The summed E-state index contributed by atoms with van der Waals surface area (Å²) >= 11 is 0. The lowest BCUT2D eigenvalue weighted by molar-refractivity contribution is 0.810. The van der Waals surface area contributed by atoms with Crippen LogP contribution in [0.25, 0.3) is 11.1 Å². The second-order valence-electron chi connectivity index (χ2n) is 5.09. The van der Waals surface area contributed by atoms with Gasteiger partial charge in [0.05, 0.1) is 5.92 Å². The van der Waals surface area contributed by atoms with Gasteiger partial charge in [-0.2, -0.15) is 0 Å². The Hall–Kier alpha value is -2.02. The van der Waals surface area contributed by atoms with Gasteiger partial charge in [-0.05, 0) is 29.2 Å². The Morgan fingerprint density at radius 2 is 2.00 bits per heavy atom. The molecule has 0 saturated carbocycles. The molecule has 88 valence electrons. The first-order valence-electron chi connectivity index (χ1n) is 6.47. The summed E-state index contributed by atoms with van der Waals surface area (Å²) in [7, 11) is 2.15. The highest BCUT2D eigenvalue weighted by Gasteiger charge is 2.32. The zero-order chi connectivity index (χ0) is 12.1. The van der Waals surface area contributed by atoms with E-state index in [4.69, 9.17) is 0 Å². The molecule has 2 aliphatic rings. The van der Waals surface area contributed by atoms with Crippen molar-refractivity contribution < 1.29 is 0 Å². The van der Waals surface area contributed by atoms with E-state index in [0.717, 1.165) is 6.42 Å². The van der Waals surface area contributed by atoms with Crippen LogP contribution in [0, 0.1) is 0 Å². The molecule has 2 aliphatic carbocycles. The van der Waals surface area contributed by atoms with Crippen LogP contribution < -0.4 is 0 Å². The number of rotatable bonds is 1. The Kier molecular flexibility index (Phi) is 1.93. The monoisotopic (exact) mass is 233 g/mol. The number of nitrogens with zero attached hydrogens (tertiary/aromatic N) is 1. The van der Waals surface area contributed by atoms with Crippen molar-refractivity contribution >= 4 is 0 Å². The SMILES string of the molecule is Cn1ccc2c1C(C1=CCC=C1)c1ccccc1-2. The van der Waals surface area contributed by atoms with Crippen LogP contribution in [0.4, 0.5) is 0 Å². The lowest BCUT2D eigenvalue weighted by Crippen LogP contribution is -2.04. The van der Waals surface area contributed by atoms with Crippen molar-refractivity contribution in [3.05, 3.63) is 71.6 Å². The van der Waals surface area contributed by atoms with Gasteiger partial charge in [0.25, 0.3) is 0 Å². The highest BCUT2D eigenvalue weighted by molar-refractivity contribution is 5.80.